The third kappa shape index (κ3) is 10.7. The molecule has 7 heteroatoms. The summed E-state index contributed by atoms with van der Waals surface area (Å²) in [5.74, 6) is -2.67. The van der Waals surface area contributed by atoms with Crippen molar-refractivity contribution >= 4 is 11.9 Å². The van der Waals surface area contributed by atoms with E-state index < -0.39 is 11.9 Å². The van der Waals surface area contributed by atoms with Crippen LogP contribution in [0.5, 0.6) is 5.75 Å². The SMILES string of the molecule is Cc1ccc(C(C)(C)C)c(OCCOCCN(C)C)c1.O=C(O)C(=O)O. The molecule has 26 heavy (non-hydrogen) atoms. The summed E-state index contributed by atoms with van der Waals surface area (Å²) >= 11 is 0. The highest BCUT2D eigenvalue weighted by Gasteiger charge is 2.18. The first-order valence-electron chi connectivity index (χ1n) is 8.37. The van der Waals surface area contributed by atoms with Gasteiger partial charge in [-0.1, -0.05) is 32.9 Å². The highest BCUT2D eigenvalue weighted by Crippen LogP contribution is 2.31. The van der Waals surface area contributed by atoms with Gasteiger partial charge in [0.2, 0.25) is 0 Å². The number of ether oxygens (including phenoxy) is 2. The summed E-state index contributed by atoms with van der Waals surface area (Å²) in [5, 5.41) is 14.8. The van der Waals surface area contributed by atoms with E-state index >= 15 is 0 Å². The number of carbonyl (C=O) groups is 2. The molecular formula is C19H31NO6. The van der Waals surface area contributed by atoms with Gasteiger partial charge in [-0.05, 0) is 43.6 Å². The summed E-state index contributed by atoms with van der Waals surface area (Å²) in [4.78, 5) is 20.3. The van der Waals surface area contributed by atoms with Crippen molar-refractivity contribution < 1.29 is 29.3 Å². The molecule has 1 aromatic rings. The number of carboxylic acids is 2. The van der Waals surface area contributed by atoms with Crippen molar-refractivity contribution in [1.82, 2.24) is 4.90 Å². The van der Waals surface area contributed by atoms with E-state index in [-0.39, 0.29) is 5.41 Å². The van der Waals surface area contributed by atoms with Gasteiger partial charge in [0, 0.05) is 6.54 Å². The van der Waals surface area contributed by atoms with Gasteiger partial charge < -0.3 is 24.6 Å². The predicted octanol–water partition coefficient (Wildman–Crippen LogP) is 2.41. The quantitative estimate of drug-likeness (QED) is 0.563. The molecular weight excluding hydrogens is 338 g/mol. The average molecular weight is 369 g/mol. The van der Waals surface area contributed by atoms with Crippen LogP contribution < -0.4 is 4.74 Å². The van der Waals surface area contributed by atoms with Crippen molar-refractivity contribution in [2.24, 2.45) is 0 Å². The van der Waals surface area contributed by atoms with Gasteiger partial charge in [0.15, 0.2) is 0 Å². The Hall–Kier alpha value is -2.12. The molecule has 0 spiro atoms. The first-order chi connectivity index (χ1) is 11.9. The van der Waals surface area contributed by atoms with Crippen LogP contribution >= 0.6 is 0 Å². The molecule has 0 aliphatic heterocycles. The van der Waals surface area contributed by atoms with Crippen molar-refractivity contribution in [2.75, 3.05) is 40.5 Å². The molecule has 0 amide bonds. The number of carboxylic acid groups (broad SMARTS) is 2. The molecule has 0 bridgehead atoms. The second-order valence-electron chi connectivity index (χ2n) is 7.12. The first kappa shape index (κ1) is 23.9. The smallest absolute Gasteiger partial charge is 0.414 e. The van der Waals surface area contributed by atoms with Crippen molar-refractivity contribution in [3.05, 3.63) is 29.3 Å². The molecule has 0 heterocycles. The van der Waals surface area contributed by atoms with Crippen molar-refractivity contribution in [2.45, 2.75) is 33.1 Å². The molecule has 0 saturated carbocycles. The predicted molar refractivity (Wildman–Crippen MR) is 100 cm³/mol. The normalized spacial score (nSPS) is 10.9. The highest BCUT2D eigenvalue weighted by atomic mass is 16.5. The standard InChI is InChI=1S/C17H29NO2.C2H2O4/c1-14-7-8-15(17(2,3)4)16(13-14)20-12-11-19-10-9-18(5)6;3-1(4)2(5)6/h7-8,13H,9-12H2,1-6H3;(H,3,4)(H,5,6). The minimum absolute atomic E-state index is 0.0921. The maximum atomic E-state index is 9.10. The number of aliphatic carboxylic acids is 2. The van der Waals surface area contributed by atoms with Crippen LogP contribution in [-0.2, 0) is 19.7 Å². The van der Waals surface area contributed by atoms with Crippen LogP contribution in [0.3, 0.4) is 0 Å². The van der Waals surface area contributed by atoms with Crippen molar-refractivity contribution in [3.63, 3.8) is 0 Å². The number of benzene rings is 1. The first-order valence-corrected chi connectivity index (χ1v) is 8.37. The van der Waals surface area contributed by atoms with Gasteiger partial charge >= 0.3 is 11.9 Å². The Morgan fingerprint density at radius 1 is 1.04 bits per heavy atom. The summed E-state index contributed by atoms with van der Waals surface area (Å²) < 4.78 is 11.5. The van der Waals surface area contributed by atoms with E-state index in [1.54, 1.807) is 0 Å². The Kier molecular flexibility index (Phi) is 10.6. The lowest BCUT2D eigenvalue weighted by Crippen LogP contribution is -2.20. The lowest BCUT2D eigenvalue weighted by atomic mass is 9.86. The molecule has 0 aliphatic carbocycles. The molecule has 0 atom stereocenters. The van der Waals surface area contributed by atoms with Gasteiger partial charge in [-0.25, -0.2) is 9.59 Å². The number of aryl methyl sites for hydroxylation is 1. The molecule has 0 unspecified atom stereocenters. The lowest BCUT2D eigenvalue weighted by molar-refractivity contribution is -0.159. The van der Waals surface area contributed by atoms with Crippen LogP contribution in [0.4, 0.5) is 0 Å². The number of likely N-dealkylation sites (N-methyl/N-ethyl adjacent to an activating group) is 1. The Morgan fingerprint density at radius 3 is 2.08 bits per heavy atom. The molecule has 2 N–H and O–H groups in total. The molecule has 0 saturated heterocycles. The second-order valence-corrected chi connectivity index (χ2v) is 7.12. The second kappa shape index (κ2) is 11.5. The van der Waals surface area contributed by atoms with Crippen molar-refractivity contribution in [1.29, 1.82) is 0 Å². The van der Waals surface area contributed by atoms with Crippen LogP contribution in [0.25, 0.3) is 0 Å². The van der Waals surface area contributed by atoms with Crippen LogP contribution in [0.2, 0.25) is 0 Å². The van der Waals surface area contributed by atoms with Gasteiger partial charge in [0.05, 0.1) is 13.2 Å². The van der Waals surface area contributed by atoms with Gasteiger partial charge in [0.1, 0.15) is 12.4 Å². The van der Waals surface area contributed by atoms with Crippen molar-refractivity contribution in [3.8, 4) is 5.75 Å². The minimum atomic E-state index is -1.82. The van der Waals surface area contributed by atoms with E-state index in [2.05, 4.69) is 50.8 Å². The van der Waals surface area contributed by atoms with E-state index in [0.717, 1.165) is 18.9 Å². The monoisotopic (exact) mass is 369 g/mol. The van der Waals surface area contributed by atoms with Crippen LogP contribution in [0, 0.1) is 6.92 Å². The Labute approximate surface area is 155 Å². The van der Waals surface area contributed by atoms with Crippen LogP contribution in [-0.4, -0.2) is 67.5 Å². The van der Waals surface area contributed by atoms with Gasteiger partial charge in [0.25, 0.3) is 0 Å². The molecule has 0 aromatic heterocycles. The summed E-state index contributed by atoms with van der Waals surface area (Å²) in [5.41, 5.74) is 2.56. The third-order valence-electron chi connectivity index (χ3n) is 3.30. The molecule has 7 nitrogen and oxygen atoms in total. The fourth-order valence-electron chi connectivity index (χ4n) is 1.93. The lowest BCUT2D eigenvalue weighted by Gasteiger charge is -2.23. The number of hydrogen-bond acceptors (Lipinski definition) is 5. The zero-order valence-corrected chi connectivity index (χ0v) is 16.5. The largest absolute Gasteiger partial charge is 0.491 e. The average Bonchev–Trinajstić information content (AvgIpc) is 2.49. The number of rotatable bonds is 7. The number of hydrogen-bond donors (Lipinski definition) is 2. The number of nitrogens with zero attached hydrogens (tertiary/aromatic N) is 1. The van der Waals surface area contributed by atoms with E-state index in [1.807, 2.05) is 14.1 Å². The molecule has 148 valence electrons. The van der Waals surface area contributed by atoms with Gasteiger partial charge in [-0.15, -0.1) is 0 Å². The fraction of sp³-hybridized carbons (Fsp3) is 0.579. The zero-order chi connectivity index (χ0) is 20.3. The van der Waals surface area contributed by atoms with E-state index in [0.29, 0.717) is 13.2 Å². The maximum Gasteiger partial charge on any atom is 0.414 e. The fourth-order valence-corrected chi connectivity index (χ4v) is 1.93. The topological polar surface area (TPSA) is 96.3 Å². The summed E-state index contributed by atoms with van der Waals surface area (Å²) in [7, 11) is 4.09. The van der Waals surface area contributed by atoms with Crippen LogP contribution in [0.15, 0.2) is 18.2 Å². The molecule has 1 rings (SSSR count). The van der Waals surface area contributed by atoms with Gasteiger partial charge in [-0.3, -0.25) is 0 Å². The molecule has 0 aliphatic rings. The summed E-state index contributed by atoms with van der Waals surface area (Å²) in [6, 6.07) is 6.42. The van der Waals surface area contributed by atoms with Crippen LogP contribution in [0.1, 0.15) is 31.9 Å². The molecule has 0 fully saturated rings. The molecule has 1 aromatic carbocycles. The third-order valence-corrected chi connectivity index (χ3v) is 3.30. The Morgan fingerprint density at radius 2 is 1.62 bits per heavy atom. The maximum absolute atomic E-state index is 9.10. The molecule has 0 radical (unpaired) electrons. The van der Waals surface area contributed by atoms with E-state index in [1.165, 1.54) is 11.1 Å². The Bertz CT molecular complexity index is 566. The van der Waals surface area contributed by atoms with E-state index in [9.17, 15) is 0 Å². The highest BCUT2D eigenvalue weighted by molar-refractivity contribution is 6.27. The summed E-state index contributed by atoms with van der Waals surface area (Å²) in [6.07, 6.45) is 0. The van der Waals surface area contributed by atoms with Gasteiger partial charge in [-0.2, -0.15) is 0 Å². The zero-order valence-electron chi connectivity index (χ0n) is 16.5. The van der Waals surface area contributed by atoms with E-state index in [4.69, 9.17) is 29.3 Å². The Balaban J connectivity index is 0.000000896. The summed E-state index contributed by atoms with van der Waals surface area (Å²) in [6.45, 7) is 11.6. The minimum Gasteiger partial charge on any atom is -0.491 e.